The van der Waals surface area contributed by atoms with Crippen LogP contribution in [0.2, 0.25) is 0 Å². The van der Waals surface area contributed by atoms with E-state index in [4.69, 9.17) is 13.3 Å². The van der Waals surface area contributed by atoms with E-state index in [9.17, 15) is 9.59 Å². The van der Waals surface area contributed by atoms with Crippen molar-refractivity contribution in [3.63, 3.8) is 0 Å². The van der Waals surface area contributed by atoms with E-state index in [0.717, 1.165) is 121 Å². The van der Waals surface area contributed by atoms with E-state index in [0.29, 0.717) is 21.9 Å². The van der Waals surface area contributed by atoms with Crippen LogP contribution in [-0.2, 0) is 0 Å². The van der Waals surface area contributed by atoms with Gasteiger partial charge in [-0.1, -0.05) is 170 Å². The molecule has 0 spiro atoms. The topological polar surface area (TPSA) is 83.4 Å². The molecular weight excluding hydrogens is 1170 g/mol. The minimum absolute atomic E-state index is 0.325. The molecule has 0 fully saturated rings. The molecule has 0 N–H and O–H groups in total. The zero-order chi connectivity index (χ0) is 62.1. The van der Waals surface area contributed by atoms with Crippen molar-refractivity contribution in [1.82, 2.24) is 9.13 Å². The third-order valence-electron chi connectivity index (χ3n) is 18.9. The van der Waals surface area contributed by atoms with Gasteiger partial charge in [-0.15, -0.1) is 11.3 Å². The molecule has 0 amide bonds. The number of fused-ring (bicyclic) bond motifs is 18. The summed E-state index contributed by atoms with van der Waals surface area (Å²) in [4.78, 5) is 26.8. The highest BCUT2D eigenvalue weighted by Gasteiger charge is 2.20. The Bertz CT molecular complexity index is 6660. The number of para-hydroxylation sites is 5. The molecule has 20 rings (SSSR count). The lowest BCUT2D eigenvalue weighted by atomic mass is 9.95. The van der Waals surface area contributed by atoms with Gasteiger partial charge < -0.3 is 22.4 Å². The Labute approximate surface area is 539 Å². The molecule has 8 heteroatoms. The van der Waals surface area contributed by atoms with E-state index < -0.39 is 0 Å². The summed E-state index contributed by atoms with van der Waals surface area (Å²) in [7, 11) is 0. The van der Waals surface area contributed by atoms with Crippen molar-refractivity contribution in [3.05, 3.63) is 324 Å². The van der Waals surface area contributed by atoms with Crippen LogP contribution in [0, 0.1) is 0 Å². The SMILES string of the molecule is O=c1oc2cc(-c3ccc4oc5ccccc5c4c3)ccc2c2ccc(-c3ccc4c(c3)c3ccccc3n4-c3ccccc3)cc12.O=c1oc2cc(-c3ccc4sc5ccccc5c4c3)ccc2c2cc(-c3cccc4c3c3ccccc3n4-c3ccccc3)ccc12. The van der Waals surface area contributed by atoms with Crippen LogP contribution >= 0.6 is 11.3 Å². The minimum Gasteiger partial charge on any atom is -0.456 e. The summed E-state index contributed by atoms with van der Waals surface area (Å²) in [5, 5.41) is 14.2. The molecule has 6 aromatic heterocycles. The second-order valence-electron chi connectivity index (χ2n) is 24.1. The molecule has 0 atom stereocenters. The molecule has 0 saturated heterocycles. The zero-order valence-corrected chi connectivity index (χ0v) is 51.0. The largest absolute Gasteiger partial charge is 0.456 e. The summed E-state index contributed by atoms with van der Waals surface area (Å²) >= 11 is 1.81. The first-order valence-corrected chi connectivity index (χ1v) is 32.2. The van der Waals surface area contributed by atoms with Crippen LogP contribution in [0.3, 0.4) is 0 Å². The second-order valence-corrected chi connectivity index (χ2v) is 25.2. The first-order valence-electron chi connectivity index (χ1n) is 31.4. The van der Waals surface area contributed by atoms with E-state index in [1.807, 2.05) is 90.2 Å². The van der Waals surface area contributed by atoms with Crippen LogP contribution in [0.5, 0.6) is 0 Å². The Kier molecular flexibility index (Phi) is 12.0. The molecule has 20 aromatic rings. The number of hydrogen-bond donors (Lipinski definition) is 0. The van der Waals surface area contributed by atoms with Crippen molar-refractivity contribution in [2.75, 3.05) is 0 Å². The predicted octanol–water partition coefficient (Wildman–Crippen LogP) is 23.0. The third-order valence-corrected chi connectivity index (χ3v) is 20.0. The summed E-state index contributed by atoms with van der Waals surface area (Å²) < 4.78 is 25.1. The Balaban J connectivity index is 0.000000133. The average Bonchev–Trinajstić information content (AvgIpc) is 1.62. The van der Waals surface area contributed by atoms with Gasteiger partial charge in [-0.3, -0.25) is 0 Å². The van der Waals surface area contributed by atoms with E-state index in [1.165, 1.54) is 41.7 Å². The Morgan fingerprint density at radius 2 is 0.681 bits per heavy atom. The minimum atomic E-state index is -0.343. The lowest BCUT2D eigenvalue weighted by molar-refractivity contribution is 0.569. The van der Waals surface area contributed by atoms with Crippen molar-refractivity contribution in [2.45, 2.75) is 0 Å². The van der Waals surface area contributed by atoms with Gasteiger partial charge in [0.25, 0.3) is 0 Å². The fraction of sp³-hybridized carbons (Fsp3) is 0. The van der Waals surface area contributed by atoms with Gasteiger partial charge in [0.2, 0.25) is 0 Å². The Morgan fingerprint density at radius 1 is 0.234 bits per heavy atom. The van der Waals surface area contributed by atoms with E-state index in [-0.39, 0.29) is 11.3 Å². The molecule has 440 valence electrons. The maximum absolute atomic E-state index is 13.5. The van der Waals surface area contributed by atoms with Crippen molar-refractivity contribution in [1.29, 1.82) is 0 Å². The lowest BCUT2D eigenvalue weighted by Crippen LogP contribution is -2.00. The average molecular weight is 1220 g/mol. The molecule has 0 aliphatic heterocycles. The summed E-state index contributed by atoms with van der Waals surface area (Å²) in [6.45, 7) is 0. The molecule has 0 bridgehead atoms. The quantitative estimate of drug-likeness (QED) is 0.122. The van der Waals surface area contributed by atoms with Crippen molar-refractivity contribution in [3.8, 4) is 55.9 Å². The van der Waals surface area contributed by atoms with E-state index in [2.05, 4.69) is 234 Å². The normalized spacial score (nSPS) is 11.9. The zero-order valence-electron chi connectivity index (χ0n) is 50.2. The molecule has 0 saturated carbocycles. The van der Waals surface area contributed by atoms with Crippen LogP contribution in [0.25, 0.3) is 185 Å². The van der Waals surface area contributed by atoms with Gasteiger partial charge in [-0.2, -0.15) is 0 Å². The molecular formula is C86H50N2O5S. The molecule has 0 unspecified atom stereocenters. The smallest absolute Gasteiger partial charge is 0.344 e. The highest BCUT2D eigenvalue weighted by molar-refractivity contribution is 7.25. The van der Waals surface area contributed by atoms with Gasteiger partial charge in [0.05, 0.1) is 32.8 Å². The van der Waals surface area contributed by atoms with E-state index >= 15 is 0 Å². The van der Waals surface area contributed by atoms with Crippen LogP contribution in [0.15, 0.2) is 326 Å². The Morgan fingerprint density at radius 3 is 1.41 bits per heavy atom. The van der Waals surface area contributed by atoms with Crippen molar-refractivity contribution >= 4 is 141 Å². The van der Waals surface area contributed by atoms with Crippen molar-refractivity contribution < 1.29 is 13.3 Å². The maximum Gasteiger partial charge on any atom is 0.344 e. The predicted molar refractivity (Wildman–Crippen MR) is 391 cm³/mol. The first kappa shape index (κ1) is 53.5. The number of aromatic nitrogens is 2. The molecule has 94 heavy (non-hydrogen) atoms. The molecule has 0 aliphatic rings. The number of furan rings is 1. The number of hydrogen-bond acceptors (Lipinski definition) is 6. The fourth-order valence-electron chi connectivity index (χ4n) is 14.5. The number of rotatable bonds is 6. The van der Waals surface area contributed by atoms with Gasteiger partial charge in [-0.05, 0) is 183 Å². The van der Waals surface area contributed by atoms with Crippen LogP contribution in [0.1, 0.15) is 0 Å². The summed E-state index contributed by atoms with van der Waals surface area (Å²) in [6.07, 6.45) is 0. The van der Waals surface area contributed by atoms with Gasteiger partial charge >= 0.3 is 11.3 Å². The Hall–Kier alpha value is -12.4. The molecule has 0 aliphatic carbocycles. The number of thiophene rings is 1. The van der Waals surface area contributed by atoms with Gasteiger partial charge in [0.1, 0.15) is 22.3 Å². The van der Waals surface area contributed by atoms with Crippen molar-refractivity contribution in [2.24, 2.45) is 0 Å². The fourth-order valence-corrected chi connectivity index (χ4v) is 15.6. The molecule has 7 nitrogen and oxygen atoms in total. The monoisotopic (exact) mass is 1220 g/mol. The summed E-state index contributed by atoms with van der Waals surface area (Å²) in [5.41, 5.74) is 17.4. The van der Waals surface area contributed by atoms with Gasteiger partial charge in [-0.25, -0.2) is 9.59 Å². The number of nitrogens with zero attached hydrogens (tertiary/aromatic N) is 2. The van der Waals surface area contributed by atoms with Gasteiger partial charge in [0.15, 0.2) is 0 Å². The standard InChI is InChI=1S/C43H25NO3.C43H25NO2S/c45-43-37-24-26(27-16-20-39-35(22-27)32-10-4-6-12-38(32)44(39)30-8-2-1-3-9-30)14-18-31(37)34-19-15-29(25-42(34)47-43)28-17-21-41-36(23-28)33-11-5-7-13-40(33)46-41;45-43-33-21-18-28(30-13-8-15-38-42(30)34-12-4-6-14-37(34)44(38)29-9-2-1-3-10-29)24-35(33)31-20-17-27(25-39(31)46-43)26-19-22-41-36(23-26)32-11-5-7-16-40(32)47-41/h2*1-25H. The van der Waals surface area contributed by atoms with Crippen LogP contribution in [-0.4, -0.2) is 9.13 Å². The maximum atomic E-state index is 13.5. The highest BCUT2D eigenvalue weighted by Crippen LogP contribution is 2.43. The molecule has 0 radical (unpaired) electrons. The van der Waals surface area contributed by atoms with E-state index in [1.54, 1.807) is 0 Å². The highest BCUT2D eigenvalue weighted by atomic mass is 32.1. The van der Waals surface area contributed by atoms with Gasteiger partial charge in [0, 0.05) is 80.0 Å². The summed E-state index contributed by atoms with van der Waals surface area (Å²) in [5.74, 6) is 0. The van der Waals surface area contributed by atoms with Crippen LogP contribution in [0.4, 0.5) is 0 Å². The first-order chi connectivity index (χ1) is 46.4. The third kappa shape index (κ3) is 8.51. The van der Waals surface area contributed by atoms with Crippen LogP contribution < -0.4 is 11.3 Å². The number of benzene rings is 14. The summed E-state index contributed by atoms with van der Waals surface area (Å²) in [6, 6.07) is 105. The second kappa shape index (κ2) is 21.1. The lowest BCUT2D eigenvalue weighted by Gasteiger charge is -2.10. The molecule has 14 aromatic carbocycles. The molecule has 6 heterocycles.